The lowest BCUT2D eigenvalue weighted by atomic mass is 10.0. The highest BCUT2D eigenvalue weighted by Gasteiger charge is 2.29. The van der Waals surface area contributed by atoms with Gasteiger partial charge >= 0.3 is 0 Å². The average molecular weight is 437 g/mol. The van der Waals surface area contributed by atoms with E-state index in [-0.39, 0.29) is 5.91 Å². The second-order valence-electron chi connectivity index (χ2n) is 7.19. The molecule has 0 aliphatic carbocycles. The van der Waals surface area contributed by atoms with E-state index in [9.17, 15) is 4.79 Å². The van der Waals surface area contributed by atoms with Crippen molar-refractivity contribution < 1.29 is 14.3 Å². The molecular formula is C25H28N2O3S. The molecule has 1 saturated heterocycles. The lowest BCUT2D eigenvalue weighted by Gasteiger charge is -2.17. The maximum atomic E-state index is 12.5. The summed E-state index contributed by atoms with van der Waals surface area (Å²) in [6, 6.07) is 12.2. The third kappa shape index (κ3) is 5.39. The molecule has 31 heavy (non-hydrogen) atoms. The number of benzene rings is 2. The van der Waals surface area contributed by atoms with Crippen molar-refractivity contribution in [2.45, 2.75) is 26.9 Å². The molecule has 162 valence electrons. The highest BCUT2D eigenvalue weighted by Crippen LogP contribution is 2.37. The normalized spacial score (nSPS) is 16.3. The van der Waals surface area contributed by atoms with Crippen molar-refractivity contribution in [3.8, 4) is 11.5 Å². The third-order valence-electron chi connectivity index (χ3n) is 4.78. The fourth-order valence-corrected chi connectivity index (χ4v) is 4.29. The Bertz CT molecular complexity index is 1040. The second kappa shape index (κ2) is 10.4. The van der Waals surface area contributed by atoms with E-state index in [1.54, 1.807) is 19.0 Å². The first-order valence-corrected chi connectivity index (χ1v) is 11.0. The van der Waals surface area contributed by atoms with Gasteiger partial charge in [-0.25, -0.2) is 0 Å². The van der Waals surface area contributed by atoms with Gasteiger partial charge in [-0.2, -0.15) is 0 Å². The van der Waals surface area contributed by atoms with E-state index in [0.717, 1.165) is 16.7 Å². The quantitative estimate of drug-likeness (QED) is 0.420. The van der Waals surface area contributed by atoms with Gasteiger partial charge in [0.15, 0.2) is 16.7 Å². The number of amidine groups is 1. The highest BCUT2D eigenvalue weighted by atomic mass is 32.2. The van der Waals surface area contributed by atoms with Crippen molar-refractivity contribution in [1.82, 2.24) is 4.90 Å². The summed E-state index contributed by atoms with van der Waals surface area (Å²) in [5.41, 5.74) is 4.14. The number of aliphatic imine (C=N–C) groups is 1. The first kappa shape index (κ1) is 22.7. The van der Waals surface area contributed by atoms with Crippen molar-refractivity contribution >= 4 is 28.9 Å². The number of carbonyl (C=O) groups is 1. The van der Waals surface area contributed by atoms with Gasteiger partial charge in [-0.1, -0.05) is 35.9 Å². The summed E-state index contributed by atoms with van der Waals surface area (Å²) in [6.07, 6.45) is 4.34. The number of allylic oxidation sites excluding steroid dienone is 1. The molecule has 1 aliphatic rings. The van der Waals surface area contributed by atoms with Gasteiger partial charge in [-0.3, -0.25) is 14.7 Å². The maximum Gasteiger partial charge on any atom is 0.266 e. The lowest BCUT2D eigenvalue weighted by Crippen LogP contribution is -2.23. The predicted molar refractivity (Wildman–Crippen MR) is 129 cm³/mol. The van der Waals surface area contributed by atoms with Crippen LogP contribution in [0, 0.1) is 6.92 Å². The van der Waals surface area contributed by atoms with Crippen LogP contribution in [0.4, 0.5) is 0 Å². The SMILES string of the molecule is C=CCc1cc(/C=C2\SC(=NC)N(C)C2=O)cc(OCC)c1OCc1cccc(C)c1. The van der Waals surface area contributed by atoms with Crippen LogP contribution in [-0.4, -0.2) is 36.7 Å². The predicted octanol–water partition coefficient (Wildman–Crippen LogP) is 5.23. The molecule has 1 amide bonds. The van der Waals surface area contributed by atoms with Crippen molar-refractivity contribution in [2.75, 3.05) is 20.7 Å². The summed E-state index contributed by atoms with van der Waals surface area (Å²) in [5, 5.41) is 0.686. The monoisotopic (exact) mass is 436 g/mol. The van der Waals surface area contributed by atoms with Crippen molar-refractivity contribution in [1.29, 1.82) is 0 Å². The van der Waals surface area contributed by atoms with Crippen LogP contribution in [0.5, 0.6) is 11.5 Å². The summed E-state index contributed by atoms with van der Waals surface area (Å²) in [6.45, 7) is 8.85. The Labute approximate surface area is 188 Å². The number of rotatable bonds is 8. The zero-order chi connectivity index (χ0) is 22.4. The van der Waals surface area contributed by atoms with Crippen LogP contribution >= 0.6 is 11.8 Å². The number of ether oxygens (including phenoxy) is 2. The van der Waals surface area contributed by atoms with Crippen molar-refractivity contribution in [3.63, 3.8) is 0 Å². The molecule has 2 aromatic carbocycles. The van der Waals surface area contributed by atoms with Crippen LogP contribution in [0.2, 0.25) is 0 Å². The largest absolute Gasteiger partial charge is 0.490 e. The van der Waals surface area contributed by atoms with Gasteiger partial charge in [-0.05, 0) is 61.4 Å². The number of carbonyl (C=O) groups excluding carboxylic acids is 1. The lowest BCUT2D eigenvalue weighted by molar-refractivity contribution is -0.121. The molecule has 0 atom stereocenters. The molecule has 0 N–H and O–H groups in total. The molecule has 5 nitrogen and oxygen atoms in total. The topological polar surface area (TPSA) is 51.1 Å². The van der Waals surface area contributed by atoms with E-state index in [4.69, 9.17) is 9.47 Å². The summed E-state index contributed by atoms with van der Waals surface area (Å²) < 4.78 is 12.1. The molecule has 1 fully saturated rings. The Kier molecular flexibility index (Phi) is 7.58. The molecule has 0 unspecified atom stereocenters. The van der Waals surface area contributed by atoms with E-state index in [2.05, 4.69) is 30.6 Å². The van der Waals surface area contributed by atoms with Gasteiger partial charge in [0, 0.05) is 19.7 Å². The molecule has 0 radical (unpaired) electrons. The molecule has 0 aromatic heterocycles. The minimum Gasteiger partial charge on any atom is -0.490 e. The molecule has 0 saturated carbocycles. The average Bonchev–Trinajstić information content (AvgIpc) is 3.01. The fourth-order valence-electron chi connectivity index (χ4n) is 3.36. The Balaban J connectivity index is 1.97. The number of amides is 1. The standard InChI is InChI=1S/C25H28N2O3S/c1-6-9-20-13-19(15-22-24(28)27(5)25(26-4)31-22)14-21(29-7-2)23(20)30-16-18-11-8-10-17(3)12-18/h6,8,10-15H,1,7,9,16H2,2-5H3/b22-15-,26-25?. The van der Waals surface area contributed by atoms with Crippen LogP contribution in [0.1, 0.15) is 29.2 Å². The van der Waals surface area contributed by atoms with E-state index in [1.165, 1.54) is 17.3 Å². The Morgan fingerprint density at radius 3 is 2.68 bits per heavy atom. The smallest absolute Gasteiger partial charge is 0.266 e. The van der Waals surface area contributed by atoms with Gasteiger partial charge in [0.05, 0.1) is 11.5 Å². The van der Waals surface area contributed by atoms with Gasteiger partial charge in [0.1, 0.15) is 6.61 Å². The summed E-state index contributed by atoms with van der Waals surface area (Å²) >= 11 is 1.37. The van der Waals surface area contributed by atoms with Crippen LogP contribution in [0.3, 0.4) is 0 Å². The van der Waals surface area contributed by atoms with Gasteiger partial charge in [0.25, 0.3) is 5.91 Å². The highest BCUT2D eigenvalue weighted by molar-refractivity contribution is 8.18. The molecule has 1 aliphatic heterocycles. The molecule has 6 heteroatoms. The maximum absolute atomic E-state index is 12.5. The fraction of sp³-hybridized carbons (Fsp3) is 0.280. The van der Waals surface area contributed by atoms with Crippen LogP contribution < -0.4 is 9.47 Å². The Morgan fingerprint density at radius 2 is 2.03 bits per heavy atom. The van der Waals surface area contributed by atoms with Crippen LogP contribution in [0.15, 0.2) is 59.0 Å². The van der Waals surface area contributed by atoms with Gasteiger partial charge in [0.2, 0.25) is 0 Å². The summed E-state index contributed by atoms with van der Waals surface area (Å²) in [7, 11) is 3.42. The third-order valence-corrected chi connectivity index (χ3v) is 5.93. The molecule has 0 spiro atoms. The Morgan fingerprint density at radius 1 is 1.23 bits per heavy atom. The Hall–Kier alpha value is -2.99. The molecule has 1 heterocycles. The zero-order valence-corrected chi connectivity index (χ0v) is 19.3. The number of aryl methyl sites for hydroxylation is 1. The van der Waals surface area contributed by atoms with Gasteiger partial charge < -0.3 is 9.47 Å². The van der Waals surface area contributed by atoms with Crippen LogP contribution in [0.25, 0.3) is 6.08 Å². The molecule has 3 rings (SSSR count). The molecule has 0 bridgehead atoms. The van der Waals surface area contributed by atoms with Gasteiger partial charge in [-0.15, -0.1) is 6.58 Å². The zero-order valence-electron chi connectivity index (χ0n) is 18.5. The van der Waals surface area contributed by atoms with Crippen LogP contribution in [-0.2, 0) is 17.8 Å². The van der Waals surface area contributed by atoms with Crippen molar-refractivity contribution in [2.24, 2.45) is 4.99 Å². The summed E-state index contributed by atoms with van der Waals surface area (Å²) in [4.78, 5) is 18.9. The minimum atomic E-state index is -0.0615. The van der Waals surface area contributed by atoms with Crippen molar-refractivity contribution in [3.05, 3.63) is 76.2 Å². The first-order valence-electron chi connectivity index (χ1n) is 10.2. The molecule has 2 aromatic rings. The number of likely N-dealkylation sites (N-methyl/N-ethyl adjacent to an activating group) is 1. The summed E-state index contributed by atoms with van der Waals surface area (Å²) in [5.74, 6) is 1.31. The van der Waals surface area contributed by atoms with E-state index in [1.807, 2.05) is 43.3 Å². The second-order valence-corrected chi connectivity index (χ2v) is 8.20. The molecular weight excluding hydrogens is 408 g/mol. The van der Waals surface area contributed by atoms with E-state index in [0.29, 0.717) is 41.2 Å². The first-order chi connectivity index (χ1) is 15.0. The number of thioether (sulfide) groups is 1. The number of hydrogen-bond acceptors (Lipinski definition) is 5. The number of nitrogens with zero attached hydrogens (tertiary/aromatic N) is 2. The minimum absolute atomic E-state index is 0.0615. The van der Waals surface area contributed by atoms with E-state index < -0.39 is 0 Å². The number of hydrogen-bond donors (Lipinski definition) is 0. The van der Waals surface area contributed by atoms with E-state index >= 15 is 0 Å².